The Hall–Kier alpha value is -0.650. The summed E-state index contributed by atoms with van der Waals surface area (Å²) in [5.74, 6) is 0.739. The maximum atomic E-state index is 6.02. The van der Waals surface area contributed by atoms with E-state index >= 15 is 0 Å². The molecule has 2 heterocycles. The SMILES string of the molecule is CC(C)NCc1cc(Br)cnc1OC1CCOCC1. The molecule has 1 N–H and O–H groups in total. The first-order chi connectivity index (χ1) is 9.15. The maximum absolute atomic E-state index is 6.02. The molecule has 0 radical (unpaired) electrons. The van der Waals surface area contributed by atoms with Crippen molar-refractivity contribution in [3.63, 3.8) is 0 Å². The molecule has 0 amide bonds. The van der Waals surface area contributed by atoms with Crippen molar-refractivity contribution in [1.29, 1.82) is 0 Å². The van der Waals surface area contributed by atoms with Crippen LogP contribution in [0.1, 0.15) is 32.3 Å². The maximum Gasteiger partial charge on any atom is 0.218 e. The van der Waals surface area contributed by atoms with Crippen molar-refractivity contribution >= 4 is 15.9 Å². The molecule has 1 aromatic rings. The van der Waals surface area contributed by atoms with Crippen LogP contribution in [0.5, 0.6) is 5.88 Å². The summed E-state index contributed by atoms with van der Waals surface area (Å²) in [6.45, 7) is 6.58. The molecule has 0 bridgehead atoms. The average molecular weight is 329 g/mol. The van der Waals surface area contributed by atoms with Crippen molar-refractivity contribution < 1.29 is 9.47 Å². The molecular formula is C14H21BrN2O2. The Morgan fingerprint density at radius 3 is 2.89 bits per heavy atom. The fourth-order valence-electron chi connectivity index (χ4n) is 1.97. The fourth-order valence-corrected chi connectivity index (χ4v) is 2.35. The summed E-state index contributed by atoms with van der Waals surface area (Å²) in [6, 6.07) is 2.51. The Kier molecular flexibility index (Phi) is 5.60. The second kappa shape index (κ2) is 7.22. The van der Waals surface area contributed by atoms with E-state index in [9.17, 15) is 0 Å². The van der Waals surface area contributed by atoms with E-state index in [0.717, 1.165) is 48.5 Å². The lowest BCUT2D eigenvalue weighted by molar-refractivity contribution is 0.0232. The Morgan fingerprint density at radius 2 is 2.21 bits per heavy atom. The predicted octanol–water partition coefficient (Wildman–Crippen LogP) is 2.90. The van der Waals surface area contributed by atoms with Gasteiger partial charge in [0.05, 0.1) is 13.2 Å². The van der Waals surface area contributed by atoms with Gasteiger partial charge in [0, 0.05) is 41.7 Å². The van der Waals surface area contributed by atoms with Gasteiger partial charge in [-0.15, -0.1) is 0 Å². The second-order valence-electron chi connectivity index (χ2n) is 5.08. The predicted molar refractivity (Wildman–Crippen MR) is 78.4 cm³/mol. The van der Waals surface area contributed by atoms with Gasteiger partial charge in [0.2, 0.25) is 5.88 Å². The highest BCUT2D eigenvalue weighted by atomic mass is 79.9. The molecule has 0 aliphatic carbocycles. The van der Waals surface area contributed by atoms with Crippen LogP contribution in [-0.4, -0.2) is 30.3 Å². The number of ether oxygens (including phenoxy) is 2. The van der Waals surface area contributed by atoms with Crippen molar-refractivity contribution in [2.24, 2.45) is 0 Å². The van der Waals surface area contributed by atoms with E-state index in [2.05, 4.69) is 46.1 Å². The summed E-state index contributed by atoms with van der Waals surface area (Å²) in [6.07, 6.45) is 3.89. The summed E-state index contributed by atoms with van der Waals surface area (Å²) < 4.78 is 12.3. The quantitative estimate of drug-likeness (QED) is 0.902. The zero-order valence-corrected chi connectivity index (χ0v) is 13.1. The van der Waals surface area contributed by atoms with Crippen LogP contribution in [-0.2, 0) is 11.3 Å². The summed E-state index contributed by atoms with van der Waals surface area (Å²) in [5, 5.41) is 3.40. The number of nitrogens with zero attached hydrogens (tertiary/aromatic N) is 1. The van der Waals surface area contributed by atoms with Crippen LogP contribution in [0.15, 0.2) is 16.7 Å². The molecule has 19 heavy (non-hydrogen) atoms. The number of pyridine rings is 1. The molecule has 1 aliphatic heterocycles. The fraction of sp³-hybridized carbons (Fsp3) is 0.643. The Balaban J connectivity index is 2.04. The standard InChI is InChI=1S/C14H21BrN2O2/c1-10(2)16-8-11-7-12(15)9-17-14(11)19-13-3-5-18-6-4-13/h7,9-10,13,16H,3-6,8H2,1-2H3. The van der Waals surface area contributed by atoms with Crippen LogP contribution in [0.4, 0.5) is 0 Å². The third-order valence-electron chi connectivity index (χ3n) is 3.04. The van der Waals surface area contributed by atoms with Gasteiger partial charge in [-0.2, -0.15) is 0 Å². The number of aromatic nitrogens is 1. The molecule has 1 fully saturated rings. The van der Waals surface area contributed by atoms with Crippen LogP contribution in [0.2, 0.25) is 0 Å². The van der Waals surface area contributed by atoms with Gasteiger partial charge < -0.3 is 14.8 Å². The van der Waals surface area contributed by atoms with E-state index in [1.807, 2.05) is 0 Å². The zero-order chi connectivity index (χ0) is 13.7. The molecule has 0 spiro atoms. The first-order valence-electron chi connectivity index (χ1n) is 6.77. The lowest BCUT2D eigenvalue weighted by Gasteiger charge is -2.24. The Morgan fingerprint density at radius 1 is 1.47 bits per heavy atom. The van der Waals surface area contributed by atoms with Crippen molar-refractivity contribution in [1.82, 2.24) is 10.3 Å². The molecule has 1 saturated heterocycles. The lowest BCUT2D eigenvalue weighted by atomic mass is 10.1. The van der Waals surface area contributed by atoms with Gasteiger partial charge in [-0.25, -0.2) is 4.98 Å². The molecule has 0 aromatic carbocycles. The molecule has 0 atom stereocenters. The highest BCUT2D eigenvalue weighted by molar-refractivity contribution is 9.10. The highest BCUT2D eigenvalue weighted by Gasteiger charge is 2.17. The lowest BCUT2D eigenvalue weighted by Crippen LogP contribution is -2.27. The average Bonchev–Trinajstić information content (AvgIpc) is 2.40. The van der Waals surface area contributed by atoms with E-state index in [4.69, 9.17) is 9.47 Å². The highest BCUT2D eigenvalue weighted by Crippen LogP contribution is 2.23. The molecular weight excluding hydrogens is 308 g/mol. The Labute approximate surface area is 123 Å². The van der Waals surface area contributed by atoms with E-state index in [-0.39, 0.29) is 6.10 Å². The number of hydrogen-bond acceptors (Lipinski definition) is 4. The normalized spacial score (nSPS) is 16.8. The van der Waals surface area contributed by atoms with Gasteiger partial charge in [0.15, 0.2) is 0 Å². The molecule has 1 aromatic heterocycles. The van der Waals surface area contributed by atoms with Gasteiger partial charge in [-0.1, -0.05) is 13.8 Å². The minimum atomic E-state index is 0.222. The summed E-state index contributed by atoms with van der Waals surface area (Å²) in [4.78, 5) is 4.40. The molecule has 0 saturated carbocycles. The molecule has 2 rings (SSSR count). The topological polar surface area (TPSA) is 43.4 Å². The van der Waals surface area contributed by atoms with Crippen LogP contribution in [0.3, 0.4) is 0 Å². The van der Waals surface area contributed by atoms with Gasteiger partial charge in [-0.05, 0) is 22.0 Å². The van der Waals surface area contributed by atoms with Gasteiger partial charge in [0.25, 0.3) is 0 Å². The number of halogens is 1. The molecule has 5 heteroatoms. The molecule has 1 aliphatic rings. The van der Waals surface area contributed by atoms with Crippen LogP contribution in [0, 0.1) is 0 Å². The third-order valence-corrected chi connectivity index (χ3v) is 3.47. The Bertz CT molecular complexity index is 406. The minimum absolute atomic E-state index is 0.222. The largest absolute Gasteiger partial charge is 0.474 e. The summed E-state index contributed by atoms with van der Waals surface area (Å²) in [7, 11) is 0. The zero-order valence-electron chi connectivity index (χ0n) is 11.5. The second-order valence-corrected chi connectivity index (χ2v) is 6.00. The van der Waals surface area contributed by atoms with E-state index in [1.54, 1.807) is 6.20 Å². The van der Waals surface area contributed by atoms with Gasteiger partial charge >= 0.3 is 0 Å². The number of hydrogen-bond donors (Lipinski definition) is 1. The van der Waals surface area contributed by atoms with Gasteiger partial charge in [0.1, 0.15) is 6.10 Å². The molecule has 4 nitrogen and oxygen atoms in total. The number of nitrogens with one attached hydrogen (secondary N) is 1. The smallest absolute Gasteiger partial charge is 0.218 e. The summed E-state index contributed by atoms with van der Waals surface area (Å²) in [5.41, 5.74) is 1.09. The van der Waals surface area contributed by atoms with Crippen molar-refractivity contribution in [3.8, 4) is 5.88 Å². The number of rotatable bonds is 5. The van der Waals surface area contributed by atoms with E-state index in [0.29, 0.717) is 6.04 Å². The minimum Gasteiger partial charge on any atom is -0.474 e. The van der Waals surface area contributed by atoms with Crippen molar-refractivity contribution in [2.75, 3.05) is 13.2 Å². The van der Waals surface area contributed by atoms with Crippen LogP contribution >= 0.6 is 15.9 Å². The first kappa shape index (κ1) is 14.8. The third kappa shape index (κ3) is 4.75. The molecule has 0 unspecified atom stereocenters. The van der Waals surface area contributed by atoms with Gasteiger partial charge in [-0.3, -0.25) is 0 Å². The molecule has 106 valence electrons. The van der Waals surface area contributed by atoms with Crippen molar-refractivity contribution in [2.45, 2.75) is 45.4 Å². The van der Waals surface area contributed by atoms with Crippen LogP contribution < -0.4 is 10.1 Å². The van der Waals surface area contributed by atoms with Crippen LogP contribution in [0.25, 0.3) is 0 Å². The monoisotopic (exact) mass is 328 g/mol. The summed E-state index contributed by atoms with van der Waals surface area (Å²) >= 11 is 3.46. The van der Waals surface area contributed by atoms with E-state index in [1.165, 1.54) is 0 Å². The first-order valence-corrected chi connectivity index (χ1v) is 7.56. The van der Waals surface area contributed by atoms with Crippen molar-refractivity contribution in [3.05, 3.63) is 22.3 Å². The van der Waals surface area contributed by atoms with E-state index < -0.39 is 0 Å².